The van der Waals surface area contributed by atoms with E-state index >= 15 is 0 Å². The van der Waals surface area contributed by atoms with Gasteiger partial charge in [0.15, 0.2) is 0 Å². The van der Waals surface area contributed by atoms with E-state index in [4.69, 9.17) is 0 Å². The van der Waals surface area contributed by atoms with Gasteiger partial charge in [-0.25, -0.2) is 0 Å². The molecule has 1 aliphatic heterocycles. The van der Waals surface area contributed by atoms with Crippen molar-refractivity contribution in [3.63, 3.8) is 0 Å². The number of hydrogen-bond acceptors (Lipinski definition) is 5. The molecule has 0 atom stereocenters. The van der Waals surface area contributed by atoms with Crippen LogP contribution in [-0.2, 0) is 6.54 Å². The molecule has 1 N–H and O–H groups in total. The maximum Gasteiger partial charge on any atom is 0.270 e. The second kappa shape index (κ2) is 7.41. The molecule has 1 aliphatic carbocycles. The van der Waals surface area contributed by atoms with Gasteiger partial charge in [-0.05, 0) is 43.5 Å². The van der Waals surface area contributed by atoms with Crippen molar-refractivity contribution >= 4 is 11.6 Å². The number of aromatic nitrogens is 2. The molecule has 2 aromatic rings. The first-order valence-corrected chi connectivity index (χ1v) is 9.34. The Morgan fingerprint density at radius 3 is 2.69 bits per heavy atom. The second-order valence-corrected chi connectivity index (χ2v) is 7.18. The molecule has 2 aromatic heterocycles. The van der Waals surface area contributed by atoms with E-state index in [2.05, 4.69) is 38.1 Å². The third-order valence-corrected chi connectivity index (χ3v) is 5.12. The average molecular weight is 351 g/mol. The highest BCUT2D eigenvalue weighted by Gasteiger charge is 2.25. The highest BCUT2D eigenvalue weighted by Crippen LogP contribution is 2.21. The maximum atomic E-state index is 12.2. The van der Waals surface area contributed by atoms with Gasteiger partial charge in [-0.15, -0.1) is 0 Å². The minimum absolute atomic E-state index is 0.0568. The Morgan fingerprint density at radius 1 is 1.15 bits per heavy atom. The van der Waals surface area contributed by atoms with Crippen LogP contribution in [0.5, 0.6) is 0 Å². The lowest BCUT2D eigenvalue weighted by molar-refractivity contribution is 0.0946. The molecule has 6 heteroatoms. The minimum Gasteiger partial charge on any atom is -0.369 e. The smallest absolute Gasteiger partial charge is 0.270 e. The second-order valence-electron chi connectivity index (χ2n) is 7.18. The van der Waals surface area contributed by atoms with Crippen molar-refractivity contribution in [1.29, 1.82) is 0 Å². The number of aryl methyl sites for hydroxylation is 1. The van der Waals surface area contributed by atoms with Gasteiger partial charge in [0.1, 0.15) is 5.69 Å². The van der Waals surface area contributed by atoms with Crippen LogP contribution in [0.2, 0.25) is 0 Å². The fraction of sp³-hybridized carbons (Fsp3) is 0.450. The molecule has 0 unspecified atom stereocenters. The van der Waals surface area contributed by atoms with Crippen molar-refractivity contribution in [2.75, 3.05) is 31.1 Å². The van der Waals surface area contributed by atoms with Gasteiger partial charge < -0.3 is 10.2 Å². The average Bonchev–Trinajstić information content (AvgIpc) is 3.48. The standard InChI is InChI=1S/C20H25N5O/c1-15-3-2-7-21-19(15)14-24-9-11-25(12-10-24)17-6-8-22-18(13-17)20(26)23-16-4-5-16/h2-3,6-8,13,16H,4-5,9-12,14H2,1H3,(H,23,26). The summed E-state index contributed by atoms with van der Waals surface area (Å²) in [5, 5.41) is 3.00. The molecular weight excluding hydrogens is 326 g/mol. The van der Waals surface area contributed by atoms with Crippen molar-refractivity contribution in [2.24, 2.45) is 0 Å². The first kappa shape index (κ1) is 17.0. The van der Waals surface area contributed by atoms with E-state index in [0.717, 1.165) is 56.9 Å². The topological polar surface area (TPSA) is 61.4 Å². The number of carbonyl (C=O) groups is 1. The van der Waals surface area contributed by atoms with E-state index in [-0.39, 0.29) is 5.91 Å². The number of rotatable bonds is 5. The van der Waals surface area contributed by atoms with Crippen molar-refractivity contribution in [3.05, 3.63) is 53.6 Å². The SMILES string of the molecule is Cc1cccnc1CN1CCN(c2ccnc(C(=O)NC3CC3)c2)CC1. The van der Waals surface area contributed by atoms with Crippen molar-refractivity contribution in [3.8, 4) is 0 Å². The van der Waals surface area contributed by atoms with E-state index < -0.39 is 0 Å². The van der Waals surface area contributed by atoms with Crippen LogP contribution in [-0.4, -0.2) is 53.0 Å². The van der Waals surface area contributed by atoms with Crippen molar-refractivity contribution < 1.29 is 4.79 Å². The number of pyridine rings is 2. The van der Waals surface area contributed by atoms with Gasteiger partial charge >= 0.3 is 0 Å². The lowest BCUT2D eigenvalue weighted by Crippen LogP contribution is -2.46. The van der Waals surface area contributed by atoms with E-state index in [1.807, 2.05) is 24.4 Å². The van der Waals surface area contributed by atoms with Gasteiger partial charge in [-0.2, -0.15) is 0 Å². The number of anilines is 1. The zero-order valence-corrected chi connectivity index (χ0v) is 15.2. The van der Waals surface area contributed by atoms with E-state index in [1.165, 1.54) is 5.56 Å². The van der Waals surface area contributed by atoms with Gasteiger partial charge in [-0.3, -0.25) is 19.7 Å². The van der Waals surface area contributed by atoms with Crippen molar-refractivity contribution in [1.82, 2.24) is 20.2 Å². The maximum absolute atomic E-state index is 12.2. The molecule has 3 heterocycles. The van der Waals surface area contributed by atoms with Crippen LogP contribution in [0.4, 0.5) is 5.69 Å². The van der Waals surface area contributed by atoms with Crippen LogP contribution in [0.15, 0.2) is 36.7 Å². The van der Waals surface area contributed by atoms with Gasteiger partial charge in [-0.1, -0.05) is 6.07 Å². The highest BCUT2D eigenvalue weighted by molar-refractivity contribution is 5.93. The van der Waals surface area contributed by atoms with Gasteiger partial charge in [0.05, 0.1) is 5.69 Å². The number of nitrogens with zero attached hydrogens (tertiary/aromatic N) is 4. The quantitative estimate of drug-likeness (QED) is 0.893. The van der Waals surface area contributed by atoms with Gasteiger partial charge in [0.2, 0.25) is 0 Å². The summed E-state index contributed by atoms with van der Waals surface area (Å²) in [5.74, 6) is -0.0568. The van der Waals surface area contributed by atoms with Crippen LogP contribution in [0, 0.1) is 6.92 Å². The molecule has 0 radical (unpaired) electrons. The molecule has 1 saturated heterocycles. The summed E-state index contributed by atoms with van der Waals surface area (Å²) in [7, 11) is 0. The normalized spacial score (nSPS) is 18.0. The first-order valence-electron chi connectivity index (χ1n) is 9.34. The molecule has 0 spiro atoms. The van der Waals surface area contributed by atoms with E-state index in [1.54, 1.807) is 6.20 Å². The predicted octanol–water partition coefficient (Wildman–Crippen LogP) is 2.00. The fourth-order valence-electron chi connectivity index (χ4n) is 3.29. The molecule has 2 aliphatic rings. The molecular formula is C20H25N5O. The number of amides is 1. The number of piperazine rings is 1. The Labute approximate surface area is 154 Å². The molecule has 1 amide bonds. The molecule has 0 aromatic carbocycles. The Hall–Kier alpha value is -2.47. The van der Waals surface area contributed by atoms with E-state index in [9.17, 15) is 4.79 Å². The van der Waals surface area contributed by atoms with Crippen molar-refractivity contribution in [2.45, 2.75) is 32.4 Å². The Bertz CT molecular complexity index is 781. The Kier molecular flexibility index (Phi) is 4.84. The molecule has 1 saturated carbocycles. The van der Waals surface area contributed by atoms with Gasteiger partial charge in [0.25, 0.3) is 5.91 Å². The third-order valence-electron chi connectivity index (χ3n) is 5.12. The number of carbonyl (C=O) groups excluding carboxylic acids is 1. The van der Waals surface area contributed by atoms with Crippen LogP contribution in [0.25, 0.3) is 0 Å². The number of hydrogen-bond donors (Lipinski definition) is 1. The number of nitrogens with one attached hydrogen (secondary N) is 1. The molecule has 136 valence electrons. The highest BCUT2D eigenvalue weighted by atomic mass is 16.2. The minimum atomic E-state index is -0.0568. The summed E-state index contributed by atoms with van der Waals surface area (Å²) < 4.78 is 0. The molecule has 0 bridgehead atoms. The molecule has 2 fully saturated rings. The fourth-order valence-corrected chi connectivity index (χ4v) is 3.29. The summed E-state index contributed by atoms with van der Waals surface area (Å²) in [6.07, 6.45) is 5.77. The van der Waals surface area contributed by atoms with Crippen LogP contribution in [0.1, 0.15) is 34.6 Å². The third kappa shape index (κ3) is 4.02. The predicted molar refractivity (Wildman–Crippen MR) is 101 cm³/mol. The Balaban J connectivity index is 1.35. The summed E-state index contributed by atoms with van der Waals surface area (Å²) in [4.78, 5) is 25.7. The summed E-state index contributed by atoms with van der Waals surface area (Å²) in [5.41, 5.74) is 4.00. The summed E-state index contributed by atoms with van der Waals surface area (Å²) in [6.45, 7) is 6.87. The molecule has 6 nitrogen and oxygen atoms in total. The monoisotopic (exact) mass is 351 g/mol. The molecule has 4 rings (SSSR count). The van der Waals surface area contributed by atoms with E-state index in [0.29, 0.717) is 11.7 Å². The van der Waals surface area contributed by atoms with Crippen LogP contribution in [0.3, 0.4) is 0 Å². The van der Waals surface area contributed by atoms with Crippen LogP contribution >= 0.6 is 0 Å². The largest absolute Gasteiger partial charge is 0.369 e. The zero-order valence-electron chi connectivity index (χ0n) is 15.2. The molecule has 26 heavy (non-hydrogen) atoms. The summed E-state index contributed by atoms with van der Waals surface area (Å²) in [6, 6.07) is 8.36. The van der Waals surface area contributed by atoms with Gasteiger partial charge in [0, 0.05) is 56.8 Å². The lowest BCUT2D eigenvalue weighted by atomic mass is 10.2. The lowest BCUT2D eigenvalue weighted by Gasteiger charge is -2.36. The van der Waals surface area contributed by atoms with Crippen LogP contribution < -0.4 is 10.2 Å². The first-order chi connectivity index (χ1) is 12.7. The zero-order chi connectivity index (χ0) is 17.9. The Morgan fingerprint density at radius 2 is 1.96 bits per heavy atom. The summed E-state index contributed by atoms with van der Waals surface area (Å²) >= 11 is 0.